The number of carbonyl (C=O) groups excluding carboxylic acids is 3. The Bertz CT molecular complexity index is 1330. The van der Waals surface area contributed by atoms with E-state index in [-0.39, 0.29) is 18.9 Å². The summed E-state index contributed by atoms with van der Waals surface area (Å²) in [5.74, 6) is -0.869. The Morgan fingerprint density at radius 2 is 1.60 bits per heavy atom. The Balaban J connectivity index is 1.35. The maximum atomic E-state index is 12.8. The summed E-state index contributed by atoms with van der Waals surface area (Å²) in [4.78, 5) is 40.0. The van der Waals surface area contributed by atoms with E-state index in [4.69, 9.17) is 4.74 Å². The van der Waals surface area contributed by atoms with Gasteiger partial charge < -0.3 is 15.0 Å². The van der Waals surface area contributed by atoms with E-state index >= 15 is 0 Å². The highest BCUT2D eigenvalue weighted by Crippen LogP contribution is 2.29. The summed E-state index contributed by atoms with van der Waals surface area (Å²) in [6.45, 7) is 1.05. The molecule has 1 atom stereocenters. The fourth-order valence-corrected chi connectivity index (χ4v) is 3.82. The molecule has 178 valence electrons. The topological polar surface area (TPSA) is 112 Å². The van der Waals surface area contributed by atoms with Crippen LogP contribution in [0.25, 0.3) is 22.0 Å². The van der Waals surface area contributed by atoms with Gasteiger partial charge in [-0.25, -0.2) is 0 Å². The molecule has 0 saturated carbocycles. The standard InChI is InChI=1S/C27H26N4O4/c1-18(32)29-24(15-20-16-28-23-13-7-5-11-21(20)23)27(34)31-30-26(33)17-35-25-14-8-6-12-22(25)19-9-3-2-4-10-19/h2-14,16,24,28H,15,17H2,1H3,(H,29,32)(H,30,33)(H,31,34). The number of ether oxygens (including phenoxy) is 1. The van der Waals surface area contributed by atoms with Crippen LogP contribution in [-0.4, -0.2) is 35.4 Å². The number of rotatable bonds is 8. The van der Waals surface area contributed by atoms with Gasteiger partial charge >= 0.3 is 0 Å². The van der Waals surface area contributed by atoms with Crippen LogP contribution in [0, 0.1) is 0 Å². The molecular formula is C27H26N4O4. The Kier molecular flexibility index (Phi) is 7.42. The van der Waals surface area contributed by atoms with Crippen molar-refractivity contribution in [3.63, 3.8) is 0 Å². The van der Waals surface area contributed by atoms with Gasteiger partial charge in [0.05, 0.1) is 0 Å². The minimum atomic E-state index is -0.869. The Morgan fingerprint density at radius 1 is 0.886 bits per heavy atom. The normalized spacial score (nSPS) is 11.5. The van der Waals surface area contributed by atoms with Crippen molar-refractivity contribution in [3.8, 4) is 16.9 Å². The molecule has 8 heteroatoms. The van der Waals surface area contributed by atoms with Gasteiger partial charge in [-0.3, -0.25) is 25.2 Å². The van der Waals surface area contributed by atoms with Crippen molar-refractivity contribution in [1.29, 1.82) is 0 Å². The molecule has 0 aliphatic carbocycles. The summed E-state index contributed by atoms with van der Waals surface area (Å²) in [6.07, 6.45) is 2.07. The number of H-pyrrole nitrogens is 1. The van der Waals surface area contributed by atoms with Crippen molar-refractivity contribution in [2.75, 3.05) is 6.61 Å². The number of hydrazine groups is 1. The number of aromatic nitrogens is 1. The lowest BCUT2D eigenvalue weighted by Crippen LogP contribution is -2.53. The van der Waals surface area contributed by atoms with E-state index in [1.807, 2.05) is 79.0 Å². The molecule has 1 heterocycles. The van der Waals surface area contributed by atoms with Crippen LogP contribution in [0.15, 0.2) is 85.1 Å². The summed E-state index contributed by atoms with van der Waals surface area (Å²) in [6, 6.07) is 23.9. The Labute approximate surface area is 202 Å². The van der Waals surface area contributed by atoms with E-state index in [1.54, 1.807) is 6.07 Å². The molecule has 1 aromatic heterocycles. The predicted octanol–water partition coefficient (Wildman–Crippen LogP) is 3.11. The molecule has 0 bridgehead atoms. The van der Waals surface area contributed by atoms with Crippen molar-refractivity contribution in [1.82, 2.24) is 21.2 Å². The lowest BCUT2D eigenvalue weighted by Gasteiger charge is -2.18. The van der Waals surface area contributed by atoms with Gasteiger partial charge in [-0.05, 0) is 23.3 Å². The monoisotopic (exact) mass is 470 g/mol. The van der Waals surface area contributed by atoms with Crippen LogP contribution in [0.2, 0.25) is 0 Å². The molecule has 0 radical (unpaired) electrons. The van der Waals surface area contributed by atoms with Gasteiger partial charge in [-0.15, -0.1) is 0 Å². The molecular weight excluding hydrogens is 444 g/mol. The SMILES string of the molecule is CC(=O)NC(Cc1c[nH]c2ccccc12)C(=O)NNC(=O)COc1ccccc1-c1ccccc1. The summed E-state index contributed by atoms with van der Waals surface area (Å²) in [5, 5.41) is 3.61. The van der Waals surface area contributed by atoms with Gasteiger partial charge in [-0.2, -0.15) is 0 Å². The zero-order valence-corrected chi connectivity index (χ0v) is 19.2. The minimum absolute atomic E-state index is 0.256. The first-order chi connectivity index (χ1) is 17.0. The zero-order chi connectivity index (χ0) is 24.6. The van der Waals surface area contributed by atoms with E-state index < -0.39 is 17.9 Å². The fourth-order valence-electron chi connectivity index (χ4n) is 3.82. The van der Waals surface area contributed by atoms with Crippen molar-refractivity contribution in [2.24, 2.45) is 0 Å². The Hall–Kier alpha value is -4.59. The number of aromatic amines is 1. The van der Waals surface area contributed by atoms with Crippen molar-refractivity contribution < 1.29 is 19.1 Å². The Morgan fingerprint density at radius 3 is 2.40 bits per heavy atom. The second kappa shape index (κ2) is 11.0. The third-order valence-corrected chi connectivity index (χ3v) is 5.45. The summed E-state index contributed by atoms with van der Waals surface area (Å²) < 4.78 is 5.71. The van der Waals surface area contributed by atoms with Crippen LogP contribution >= 0.6 is 0 Å². The lowest BCUT2D eigenvalue weighted by atomic mass is 10.0. The van der Waals surface area contributed by atoms with Crippen molar-refractivity contribution in [3.05, 3.63) is 90.6 Å². The maximum Gasteiger partial charge on any atom is 0.276 e. The number of benzene rings is 3. The maximum absolute atomic E-state index is 12.8. The number of para-hydroxylation sites is 2. The molecule has 3 amide bonds. The average molecular weight is 471 g/mol. The lowest BCUT2D eigenvalue weighted by molar-refractivity contribution is -0.132. The van der Waals surface area contributed by atoms with Gasteiger partial charge in [0, 0.05) is 36.0 Å². The number of hydrogen-bond acceptors (Lipinski definition) is 4. The molecule has 0 fully saturated rings. The van der Waals surface area contributed by atoms with E-state index in [9.17, 15) is 14.4 Å². The molecule has 0 aliphatic heterocycles. The van der Waals surface area contributed by atoms with Crippen LogP contribution in [-0.2, 0) is 20.8 Å². The third kappa shape index (κ3) is 6.05. The average Bonchev–Trinajstić information content (AvgIpc) is 3.29. The highest BCUT2D eigenvalue weighted by atomic mass is 16.5. The largest absolute Gasteiger partial charge is 0.483 e. The van der Waals surface area contributed by atoms with E-state index in [2.05, 4.69) is 21.2 Å². The summed E-state index contributed by atoms with van der Waals surface area (Å²) in [7, 11) is 0. The molecule has 0 aliphatic rings. The van der Waals surface area contributed by atoms with E-state index in [0.29, 0.717) is 5.75 Å². The molecule has 4 aromatic rings. The molecule has 0 saturated heterocycles. The predicted molar refractivity (Wildman–Crippen MR) is 133 cm³/mol. The quantitative estimate of drug-likeness (QED) is 0.297. The summed E-state index contributed by atoms with van der Waals surface area (Å²) in [5.41, 5.74) is 8.38. The van der Waals surface area contributed by atoms with Gasteiger partial charge in [0.1, 0.15) is 11.8 Å². The molecule has 35 heavy (non-hydrogen) atoms. The van der Waals surface area contributed by atoms with Crippen molar-refractivity contribution >= 4 is 28.6 Å². The zero-order valence-electron chi connectivity index (χ0n) is 19.2. The van der Waals surface area contributed by atoms with Crippen LogP contribution in [0.1, 0.15) is 12.5 Å². The number of fused-ring (bicyclic) bond motifs is 1. The highest BCUT2D eigenvalue weighted by Gasteiger charge is 2.22. The van der Waals surface area contributed by atoms with E-state index in [0.717, 1.165) is 27.6 Å². The second-order valence-corrected chi connectivity index (χ2v) is 8.01. The minimum Gasteiger partial charge on any atom is -0.483 e. The van der Waals surface area contributed by atoms with Crippen LogP contribution in [0.3, 0.4) is 0 Å². The third-order valence-electron chi connectivity index (χ3n) is 5.45. The molecule has 3 aromatic carbocycles. The van der Waals surface area contributed by atoms with Crippen molar-refractivity contribution in [2.45, 2.75) is 19.4 Å². The van der Waals surface area contributed by atoms with Gasteiger partial charge in [0.25, 0.3) is 11.8 Å². The van der Waals surface area contributed by atoms with E-state index in [1.165, 1.54) is 6.92 Å². The van der Waals surface area contributed by atoms with Gasteiger partial charge in [-0.1, -0.05) is 66.7 Å². The molecule has 1 unspecified atom stereocenters. The molecule has 4 N–H and O–H groups in total. The first-order valence-corrected chi connectivity index (χ1v) is 11.2. The van der Waals surface area contributed by atoms with Gasteiger partial charge in [0.15, 0.2) is 6.61 Å². The van der Waals surface area contributed by atoms with Gasteiger partial charge in [0.2, 0.25) is 5.91 Å². The molecule has 8 nitrogen and oxygen atoms in total. The molecule has 4 rings (SSSR count). The van der Waals surface area contributed by atoms with Crippen LogP contribution in [0.4, 0.5) is 0 Å². The number of nitrogens with one attached hydrogen (secondary N) is 4. The first-order valence-electron chi connectivity index (χ1n) is 11.2. The number of hydrogen-bond donors (Lipinski definition) is 4. The highest BCUT2D eigenvalue weighted by molar-refractivity contribution is 5.90. The second-order valence-electron chi connectivity index (χ2n) is 8.01. The number of amides is 3. The smallest absolute Gasteiger partial charge is 0.276 e. The molecule has 0 spiro atoms. The number of carbonyl (C=O) groups is 3. The fraction of sp³-hybridized carbons (Fsp3) is 0.148. The summed E-state index contributed by atoms with van der Waals surface area (Å²) >= 11 is 0. The first kappa shape index (κ1) is 23.6. The van der Waals surface area contributed by atoms with Crippen LogP contribution in [0.5, 0.6) is 5.75 Å². The van der Waals surface area contributed by atoms with Crippen LogP contribution < -0.4 is 20.9 Å².